The molecule has 5 heteroatoms. The van der Waals surface area contributed by atoms with Crippen molar-refractivity contribution in [2.45, 2.75) is 25.0 Å². The standard InChI is InChI=1S/C13H16FNO2.ClH/c1-13(17)8-15(2)11(7-12(13)16)9-5-3-4-6-10(9)14;/h3-6,11,17H,7-8H2,1-2H3;1H/t11-,13+;/m0./s1. The van der Waals surface area contributed by atoms with Crippen LogP contribution in [0.2, 0.25) is 0 Å². The van der Waals surface area contributed by atoms with Crippen LogP contribution in [0.4, 0.5) is 4.39 Å². The van der Waals surface area contributed by atoms with Crippen molar-refractivity contribution in [3.05, 3.63) is 35.6 Å². The van der Waals surface area contributed by atoms with E-state index in [1.54, 1.807) is 25.2 Å². The number of rotatable bonds is 1. The first-order valence-corrected chi connectivity index (χ1v) is 5.62. The molecule has 0 bridgehead atoms. The van der Waals surface area contributed by atoms with Crippen LogP contribution in [0.1, 0.15) is 24.9 Å². The van der Waals surface area contributed by atoms with Crippen molar-refractivity contribution < 1.29 is 14.3 Å². The highest BCUT2D eigenvalue weighted by atomic mass is 35.5. The Morgan fingerprint density at radius 3 is 2.67 bits per heavy atom. The molecule has 18 heavy (non-hydrogen) atoms. The van der Waals surface area contributed by atoms with Crippen LogP contribution in [0, 0.1) is 5.82 Å². The number of carbonyl (C=O) groups is 1. The van der Waals surface area contributed by atoms with Gasteiger partial charge in [-0.3, -0.25) is 9.69 Å². The molecular weight excluding hydrogens is 257 g/mol. The van der Waals surface area contributed by atoms with Crippen LogP contribution in [0.25, 0.3) is 0 Å². The van der Waals surface area contributed by atoms with E-state index in [9.17, 15) is 14.3 Å². The lowest BCUT2D eigenvalue weighted by Gasteiger charge is -2.39. The first kappa shape index (κ1) is 15.1. The number of benzene rings is 1. The zero-order valence-electron chi connectivity index (χ0n) is 10.4. The van der Waals surface area contributed by atoms with E-state index < -0.39 is 5.60 Å². The van der Waals surface area contributed by atoms with E-state index in [0.29, 0.717) is 5.56 Å². The fourth-order valence-corrected chi connectivity index (χ4v) is 2.33. The second-order valence-electron chi connectivity index (χ2n) is 4.85. The molecule has 1 saturated heterocycles. The van der Waals surface area contributed by atoms with E-state index >= 15 is 0 Å². The quantitative estimate of drug-likeness (QED) is 0.850. The van der Waals surface area contributed by atoms with Crippen LogP contribution >= 0.6 is 12.4 Å². The molecule has 0 unspecified atom stereocenters. The summed E-state index contributed by atoms with van der Waals surface area (Å²) in [4.78, 5) is 13.6. The molecule has 2 rings (SSSR count). The van der Waals surface area contributed by atoms with Gasteiger partial charge in [0.15, 0.2) is 5.78 Å². The Balaban J connectivity index is 0.00000162. The molecule has 1 aliphatic heterocycles. The van der Waals surface area contributed by atoms with Crippen molar-refractivity contribution in [3.63, 3.8) is 0 Å². The number of carbonyl (C=O) groups excluding carboxylic acids is 1. The lowest BCUT2D eigenvalue weighted by molar-refractivity contribution is -0.144. The van der Waals surface area contributed by atoms with E-state index in [2.05, 4.69) is 0 Å². The lowest BCUT2D eigenvalue weighted by atomic mass is 9.86. The first-order valence-electron chi connectivity index (χ1n) is 5.62. The molecule has 1 aliphatic rings. The van der Waals surface area contributed by atoms with Crippen molar-refractivity contribution in [1.82, 2.24) is 4.90 Å². The predicted molar refractivity (Wildman–Crippen MR) is 69.3 cm³/mol. The second kappa shape index (κ2) is 5.34. The van der Waals surface area contributed by atoms with Crippen LogP contribution in [0.15, 0.2) is 24.3 Å². The Kier molecular flexibility index (Phi) is 4.48. The second-order valence-corrected chi connectivity index (χ2v) is 4.85. The van der Waals surface area contributed by atoms with Gasteiger partial charge in [0.25, 0.3) is 0 Å². The van der Waals surface area contributed by atoms with E-state index in [1.165, 1.54) is 13.0 Å². The average molecular weight is 274 g/mol. The number of aliphatic hydroxyl groups is 1. The van der Waals surface area contributed by atoms with E-state index in [1.807, 2.05) is 4.90 Å². The summed E-state index contributed by atoms with van der Waals surface area (Å²) in [7, 11) is 1.79. The minimum atomic E-state index is -1.32. The zero-order chi connectivity index (χ0) is 12.6. The zero-order valence-corrected chi connectivity index (χ0v) is 11.2. The van der Waals surface area contributed by atoms with Crippen LogP contribution in [-0.2, 0) is 4.79 Å². The third kappa shape index (κ3) is 2.71. The topological polar surface area (TPSA) is 40.5 Å². The van der Waals surface area contributed by atoms with Gasteiger partial charge in [0, 0.05) is 24.6 Å². The molecule has 0 saturated carbocycles. The van der Waals surface area contributed by atoms with Crippen molar-refractivity contribution >= 4 is 18.2 Å². The molecule has 1 N–H and O–H groups in total. The van der Waals surface area contributed by atoms with Gasteiger partial charge >= 0.3 is 0 Å². The minimum Gasteiger partial charge on any atom is -0.381 e. The summed E-state index contributed by atoms with van der Waals surface area (Å²) in [6.45, 7) is 1.73. The normalized spacial score (nSPS) is 28.9. The number of halogens is 2. The van der Waals surface area contributed by atoms with Crippen molar-refractivity contribution in [2.24, 2.45) is 0 Å². The molecule has 1 heterocycles. The molecule has 1 aromatic rings. The Bertz CT molecular complexity index is 450. The van der Waals surface area contributed by atoms with Gasteiger partial charge in [0.05, 0.1) is 0 Å². The number of β-amino-alcohol motifs (C(OH)–C–C–N with tert-alkyl or cyclic N) is 1. The molecule has 2 atom stereocenters. The van der Waals surface area contributed by atoms with Gasteiger partial charge in [-0.15, -0.1) is 12.4 Å². The number of hydrogen-bond acceptors (Lipinski definition) is 3. The van der Waals surface area contributed by atoms with Crippen molar-refractivity contribution in [2.75, 3.05) is 13.6 Å². The fourth-order valence-electron chi connectivity index (χ4n) is 2.33. The highest BCUT2D eigenvalue weighted by molar-refractivity contribution is 5.88. The molecular formula is C13H17ClFNO2. The molecule has 3 nitrogen and oxygen atoms in total. The predicted octanol–water partition coefficient (Wildman–Crippen LogP) is 1.94. The lowest BCUT2D eigenvalue weighted by Crippen LogP contribution is -2.52. The van der Waals surface area contributed by atoms with E-state index in [-0.39, 0.29) is 43.0 Å². The summed E-state index contributed by atoms with van der Waals surface area (Å²) in [5.74, 6) is -0.539. The first-order chi connectivity index (χ1) is 7.92. The molecule has 0 spiro atoms. The van der Waals surface area contributed by atoms with Gasteiger partial charge < -0.3 is 5.11 Å². The van der Waals surface area contributed by atoms with Gasteiger partial charge in [0.2, 0.25) is 0 Å². The Morgan fingerprint density at radius 1 is 1.44 bits per heavy atom. The van der Waals surface area contributed by atoms with Gasteiger partial charge in [-0.25, -0.2) is 4.39 Å². The third-order valence-electron chi connectivity index (χ3n) is 3.33. The van der Waals surface area contributed by atoms with E-state index in [4.69, 9.17) is 0 Å². The summed E-state index contributed by atoms with van der Waals surface area (Å²) >= 11 is 0. The monoisotopic (exact) mass is 273 g/mol. The summed E-state index contributed by atoms with van der Waals surface area (Å²) in [5, 5.41) is 9.86. The summed E-state index contributed by atoms with van der Waals surface area (Å²) < 4.78 is 13.7. The number of likely N-dealkylation sites (tertiary alicyclic amines) is 1. The number of likely N-dealkylation sites (N-methyl/N-ethyl adjacent to an activating group) is 1. The van der Waals surface area contributed by atoms with Gasteiger partial charge in [-0.2, -0.15) is 0 Å². The number of ketones is 1. The Labute approximate surface area is 112 Å². The van der Waals surface area contributed by atoms with Gasteiger partial charge in [0.1, 0.15) is 11.4 Å². The van der Waals surface area contributed by atoms with Gasteiger partial charge in [-0.05, 0) is 20.0 Å². The van der Waals surface area contributed by atoms with Crippen LogP contribution in [0.3, 0.4) is 0 Å². The highest BCUT2D eigenvalue weighted by Crippen LogP contribution is 2.32. The number of piperidine rings is 1. The molecule has 1 fully saturated rings. The smallest absolute Gasteiger partial charge is 0.167 e. The molecule has 0 aliphatic carbocycles. The van der Waals surface area contributed by atoms with Crippen LogP contribution in [-0.4, -0.2) is 35.0 Å². The number of hydrogen-bond donors (Lipinski definition) is 1. The average Bonchev–Trinajstić information content (AvgIpc) is 2.24. The third-order valence-corrected chi connectivity index (χ3v) is 3.33. The molecule has 0 aromatic heterocycles. The largest absolute Gasteiger partial charge is 0.381 e. The molecule has 1 aromatic carbocycles. The van der Waals surface area contributed by atoms with Crippen LogP contribution < -0.4 is 0 Å². The maximum absolute atomic E-state index is 13.7. The van der Waals surface area contributed by atoms with Crippen LogP contribution in [0.5, 0.6) is 0 Å². The number of nitrogens with zero attached hydrogens (tertiary/aromatic N) is 1. The molecule has 0 amide bonds. The highest BCUT2D eigenvalue weighted by Gasteiger charge is 2.41. The molecule has 100 valence electrons. The number of Topliss-reactive ketones (excluding diaryl/α,β-unsaturated/α-hetero) is 1. The Hall–Kier alpha value is -0.970. The maximum atomic E-state index is 13.7. The maximum Gasteiger partial charge on any atom is 0.167 e. The van der Waals surface area contributed by atoms with Crippen molar-refractivity contribution in [1.29, 1.82) is 0 Å². The molecule has 0 radical (unpaired) electrons. The summed E-state index contributed by atoms with van der Waals surface area (Å²) in [6, 6.07) is 6.16. The summed E-state index contributed by atoms with van der Waals surface area (Å²) in [6.07, 6.45) is 0.143. The SMILES string of the molecule is CN1C[C@@](C)(O)C(=O)C[C@H]1c1ccccc1F.Cl. The Morgan fingerprint density at radius 2 is 2.06 bits per heavy atom. The minimum absolute atomic E-state index is 0. The van der Waals surface area contributed by atoms with E-state index in [0.717, 1.165) is 0 Å². The summed E-state index contributed by atoms with van der Waals surface area (Å²) in [5.41, 5.74) is -0.810. The van der Waals surface area contributed by atoms with Crippen molar-refractivity contribution in [3.8, 4) is 0 Å². The fraction of sp³-hybridized carbons (Fsp3) is 0.462. The van der Waals surface area contributed by atoms with Gasteiger partial charge in [-0.1, -0.05) is 18.2 Å².